The molecule has 1 amide bonds. The first-order valence-corrected chi connectivity index (χ1v) is 5.73. The van der Waals surface area contributed by atoms with E-state index in [1.165, 1.54) is 0 Å². The van der Waals surface area contributed by atoms with Gasteiger partial charge in [-0.3, -0.25) is 9.78 Å². The maximum Gasteiger partial charge on any atom is 0.250 e. The van der Waals surface area contributed by atoms with Crippen LogP contribution >= 0.6 is 0 Å². The predicted octanol–water partition coefficient (Wildman–Crippen LogP) is 1.79. The van der Waals surface area contributed by atoms with Crippen molar-refractivity contribution in [1.82, 2.24) is 4.98 Å². The first-order valence-electron chi connectivity index (χ1n) is 5.73. The molecule has 0 unspecified atom stereocenters. The molecule has 0 saturated heterocycles. The fourth-order valence-electron chi connectivity index (χ4n) is 1.64. The molecule has 1 heterocycles. The SMILES string of the molecule is CCOCC(=O)Nc1cnc2ccccc2c1N. The summed E-state index contributed by atoms with van der Waals surface area (Å²) in [5.41, 5.74) is 7.84. The Hall–Kier alpha value is -2.14. The number of nitrogen functional groups attached to an aromatic ring is 1. The third-order valence-electron chi connectivity index (χ3n) is 2.53. The van der Waals surface area contributed by atoms with Crippen LogP contribution in [0.1, 0.15) is 6.92 Å². The molecule has 2 rings (SSSR count). The zero-order valence-corrected chi connectivity index (χ0v) is 10.1. The zero-order valence-electron chi connectivity index (χ0n) is 10.1. The van der Waals surface area contributed by atoms with Gasteiger partial charge in [-0.2, -0.15) is 0 Å². The Kier molecular flexibility index (Phi) is 3.74. The summed E-state index contributed by atoms with van der Waals surface area (Å²) in [6.45, 7) is 2.35. The molecule has 5 heteroatoms. The molecular formula is C13H15N3O2. The van der Waals surface area contributed by atoms with Crippen molar-refractivity contribution in [3.05, 3.63) is 30.5 Å². The number of hydrogen-bond donors (Lipinski definition) is 2. The van der Waals surface area contributed by atoms with Gasteiger partial charge in [0.15, 0.2) is 0 Å². The lowest BCUT2D eigenvalue weighted by Gasteiger charge is -2.09. The number of aromatic nitrogens is 1. The largest absolute Gasteiger partial charge is 0.396 e. The number of nitrogens with zero attached hydrogens (tertiary/aromatic N) is 1. The van der Waals surface area contributed by atoms with E-state index in [4.69, 9.17) is 10.5 Å². The number of carbonyl (C=O) groups excluding carboxylic acids is 1. The normalized spacial score (nSPS) is 10.5. The molecule has 18 heavy (non-hydrogen) atoms. The Balaban J connectivity index is 2.24. The van der Waals surface area contributed by atoms with Crippen LogP contribution in [0.4, 0.5) is 11.4 Å². The molecule has 94 valence electrons. The molecule has 2 aromatic rings. The van der Waals surface area contributed by atoms with Crippen molar-refractivity contribution in [2.24, 2.45) is 0 Å². The number of hydrogen-bond acceptors (Lipinski definition) is 4. The lowest BCUT2D eigenvalue weighted by Crippen LogP contribution is -2.19. The fourth-order valence-corrected chi connectivity index (χ4v) is 1.64. The van der Waals surface area contributed by atoms with Crippen LogP contribution in [0.15, 0.2) is 30.5 Å². The van der Waals surface area contributed by atoms with Crippen molar-refractivity contribution in [2.75, 3.05) is 24.3 Å². The molecule has 0 bridgehead atoms. The van der Waals surface area contributed by atoms with Gasteiger partial charge < -0.3 is 15.8 Å². The quantitative estimate of drug-likeness (QED) is 0.861. The molecule has 0 aliphatic rings. The third kappa shape index (κ3) is 2.57. The topological polar surface area (TPSA) is 77.2 Å². The van der Waals surface area contributed by atoms with E-state index in [-0.39, 0.29) is 12.5 Å². The molecule has 0 atom stereocenters. The summed E-state index contributed by atoms with van der Waals surface area (Å²) in [4.78, 5) is 15.8. The van der Waals surface area contributed by atoms with Crippen molar-refractivity contribution in [3.63, 3.8) is 0 Å². The van der Waals surface area contributed by atoms with Crippen LogP contribution in [0.5, 0.6) is 0 Å². The standard InChI is InChI=1S/C13H15N3O2/c1-2-18-8-12(17)16-11-7-15-10-6-4-3-5-9(10)13(11)14/h3-7H,2,8H2,1H3,(H2,14,15)(H,16,17). The number of nitrogens with one attached hydrogen (secondary N) is 1. The first kappa shape index (κ1) is 12.3. The van der Waals surface area contributed by atoms with Gasteiger partial charge in [0.1, 0.15) is 6.61 Å². The molecule has 0 fully saturated rings. The summed E-state index contributed by atoms with van der Waals surface area (Å²) in [5.74, 6) is -0.236. The second-order valence-corrected chi connectivity index (χ2v) is 3.79. The number of anilines is 2. The Morgan fingerprint density at radius 3 is 3.00 bits per heavy atom. The van der Waals surface area contributed by atoms with E-state index in [9.17, 15) is 4.79 Å². The summed E-state index contributed by atoms with van der Waals surface area (Å²) in [6.07, 6.45) is 1.56. The van der Waals surface area contributed by atoms with E-state index in [1.807, 2.05) is 31.2 Å². The van der Waals surface area contributed by atoms with E-state index in [0.717, 1.165) is 10.9 Å². The molecule has 3 N–H and O–H groups in total. The van der Waals surface area contributed by atoms with E-state index in [2.05, 4.69) is 10.3 Å². The molecular weight excluding hydrogens is 230 g/mol. The lowest BCUT2D eigenvalue weighted by molar-refractivity contribution is -0.120. The van der Waals surface area contributed by atoms with Crippen LogP contribution in [-0.4, -0.2) is 24.1 Å². The van der Waals surface area contributed by atoms with Gasteiger partial charge in [0, 0.05) is 12.0 Å². The second kappa shape index (κ2) is 5.46. The van der Waals surface area contributed by atoms with Crippen LogP contribution in [0.25, 0.3) is 10.9 Å². The highest BCUT2D eigenvalue weighted by atomic mass is 16.5. The molecule has 0 radical (unpaired) electrons. The van der Waals surface area contributed by atoms with Crippen LogP contribution in [0.2, 0.25) is 0 Å². The highest BCUT2D eigenvalue weighted by Crippen LogP contribution is 2.26. The average Bonchev–Trinajstić information content (AvgIpc) is 2.40. The number of fused-ring (bicyclic) bond motifs is 1. The minimum absolute atomic E-state index is 0.0166. The van der Waals surface area contributed by atoms with Gasteiger partial charge in [-0.05, 0) is 13.0 Å². The fraction of sp³-hybridized carbons (Fsp3) is 0.231. The highest BCUT2D eigenvalue weighted by molar-refractivity contribution is 6.02. The number of benzene rings is 1. The summed E-state index contributed by atoms with van der Waals surface area (Å²) >= 11 is 0. The van der Waals surface area contributed by atoms with Gasteiger partial charge in [0.25, 0.3) is 0 Å². The number of para-hydroxylation sites is 1. The Morgan fingerprint density at radius 1 is 1.44 bits per heavy atom. The number of pyridine rings is 1. The summed E-state index contributed by atoms with van der Waals surface area (Å²) in [5, 5.41) is 3.51. The molecule has 0 aliphatic carbocycles. The maximum absolute atomic E-state index is 11.5. The Labute approximate surface area is 105 Å². The van der Waals surface area contributed by atoms with Crippen LogP contribution in [0, 0.1) is 0 Å². The summed E-state index contributed by atoms with van der Waals surface area (Å²) in [6, 6.07) is 7.52. The van der Waals surface area contributed by atoms with E-state index >= 15 is 0 Å². The van der Waals surface area contributed by atoms with Gasteiger partial charge in [0.2, 0.25) is 5.91 Å². The second-order valence-electron chi connectivity index (χ2n) is 3.79. The van der Waals surface area contributed by atoms with Crippen molar-refractivity contribution < 1.29 is 9.53 Å². The van der Waals surface area contributed by atoms with Crippen molar-refractivity contribution >= 4 is 28.2 Å². The Bertz CT molecular complexity index is 569. The van der Waals surface area contributed by atoms with E-state index in [0.29, 0.717) is 18.0 Å². The van der Waals surface area contributed by atoms with Crippen molar-refractivity contribution in [3.8, 4) is 0 Å². The summed E-state index contributed by atoms with van der Waals surface area (Å²) < 4.78 is 5.02. The molecule has 5 nitrogen and oxygen atoms in total. The minimum Gasteiger partial charge on any atom is -0.396 e. The van der Waals surface area contributed by atoms with E-state index < -0.39 is 0 Å². The minimum atomic E-state index is -0.236. The number of nitrogens with two attached hydrogens (primary N) is 1. The molecule has 0 saturated carbocycles. The Morgan fingerprint density at radius 2 is 2.22 bits per heavy atom. The lowest BCUT2D eigenvalue weighted by atomic mass is 10.1. The van der Waals surface area contributed by atoms with E-state index in [1.54, 1.807) is 6.20 Å². The van der Waals surface area contributed by atoms with Crippen LogP contribution < -0.4 is 11.1 Å². The monoisotopic (exact) mass is 245 g/mol. The van der Waals surface area contributed by atoms with Crippen LogP contribution in [0.3, 0.4) is 0 Å². The average molecular weight is 245 g/mol. The number of ether oxygens (including phenoxy) is 1. The zero-order chi connectivity index (χ0) is 13.0. The number of carbonyl (C=O) groups is 1. The molecule has 1 aromatic carbocycles. The van der Waals surface area contributed by atoms with Crippen molar-refractivity contribution in [2.45, 2.75) is 6.92 Å². The maximum atomic E-state index is 11.5. The smallest absolute Gasteiger partial charge is 0.250 e. The van der Waals surface area contributed by atoms with Gasteiger partial charge in [-0.15, -0.1) is 0 Å². The third-order valence-corrected chi connectivity index (χ3v) is 2.53. The molecule has 0 spiro atoms. The van der Waals surface area contributed by atoms with Gasteiger partial charge in [-0.25, -0.2) is 0 Å². The van der Waals surface area contributed by atoms with Crippen molar-refractivity contribution in [1.29, 1.82) is 0 Å². The first-order chi connectivity index (χ1) is 8.72. The highest BCUT2D eigenvalue weighted by Gasteiger charge is 2.08. The molecule has 0 aliphatic heterocycles. The number of rotatable bonds is 4. The molecule has 1 aromatic heterocycles. The predicted molar refractivity (Wildman–Crippen MR) is 71.3 cm³/mol. The number of amides is 1. The van der Waals surface area contributed by atoms with Gasteiger partial charge in [0.05, 0.1) is 23.1 Å². The van der Waals surface area contributed by atoms with Gasteiger partial charge in [-0.1, -0.05) is 18.2 Å². The summed E-state index contributed by atoms with van der Waals surface area (Å²) in [7, 11) is 0. The van der Waals surface area contributed by atoms with Gasteiger partial charge >= 0.3 is 0 Å². The van der Waals surface area contributed by atoms with Crippen LogP contribution in [-0.2, 0) is 9.53 Å².